The minimum atomic E-state index is 0.0599. The van der Waals surface area contributed by atoms with Gasteiger partial charge in [0.25, 0.3) is 0 Å². The molecule has 0 saturated heterocycles. The van der Waals surface area contributed by atoms with Crippen LogP contribution in [0.15, 0.2) is 243 Å². The van der Waals surface area contributed by atoms with Gasteiger partial charge in [-0.2, -0.15) is 0 Å². The first-order valence-electron chi connectivity index (χ1n) is 26.1. The summed E-state index contributed by atoms with van der Waals surface area (Å²) in [6.45, 7) is 13.7. The van der Waals surface area contributed by atoms with E-state index in [0.717, 1.165) is 28.2 Å². The summed E-state index contributed by atoms with van der Waals surface area (Å²) < 4.78 is 2.47. The minimum Gasteiger partial charge on any atom is -0.309 e. The summed E-state index contributed by atoms with van der Waals surface area (Å²) >= 11 is 0. The number of para-hydroxylation sites is 3. The van der Waals surface area contributed by atoms with E-state index in [0.29, 0.717) is 0 Å². The number of anilines is 3. The average molecular weight is 951 g/mol. The highest BCUT2D eigenvalue weighted by atomic mass is 15.1. The molecule has 0 amide bonds. The third-order valence-electron chi connectivity index (χ3n) is 15.5. The summed E-state index contributed by atoms with van der Waals surface area (Å²) in [4.78, 5) is 2.53. The van der Waals surface area contributed by atoms with Crippen molar-refractivity contribution < 1.29 is 0 Å². The number of benzene rings is 12. The molecule has 0 bridgehead atoms. The monoisotopic (exact) mass is 950 g/mol. The number of hydrogen-bond donors (Lipinski definition) is 0. The number of fused-ring (bicyclic) bond motifs is 3. The predicted octanol–water partition coefficient (Wildman–Crippen LogP) is 20.4. The largest absolute Gasteiger partial charge is 0.309 e. The molecule has 0 aliphatic rings. The molecule has 0 spiro atoms. The maximum absolute atomic E-state index is 2.53. The highest BCUT2D eigenvalue weighted by Crippen LogP contribution is 2.50. The Bertz CT molecular complexity index is 4200. The molecule has 0 saturated carbocycles. The molecule has 0 unspecified atom stereocenters. The van der Waals surface area contributed by atoms with Gasteiger partial charge in [-0.3, -0.25) is 0 Å². The lowest BCUT2D eigenvalue weighted by atomic mass is 9.85. The summed E-state index contributed by atoms with van der Waals surface area (Å²) in [5.74, 6) is 0. The number of rotatable bonds is 8. The highest BCUT2D eigenvalue weighted by molar-refractivity contribution is 6.27. The van der Waals surface area contributed by atoms with Crippen molar-refractivity contribution >= 4 is 71.2 Å². The molecule has 12 aromatic carbocycles. The van der Waals surface area contributed by atoms with Crippen molar-refractivity contribution in [1.82, 2.24) is 4.57 Å². The molecule has 0 aliphatic heterocycles. The Morgan fingerprint density at radius 1 is 0.311 bits per heavy atom. The van der Waals surface area contributed by atoms with E-state index >= 15 is 0 Å². The van der Waals surface area contributed by atoms with E-state index in [-0.39, 0.29) is 10.8 Å². The Morgan fingerprint density at radius 3 is 1.36 bits per heavy atom. The van der Waals surface area contributed by atoms with Crippen LogP contribution in [0.25, 0.3) is 104 Å². The summed E-state index contributed by atoms with van der Waals surface area (Å²) in [5, 5.41) is 9.95. The molecule has 356 valence electrons. The van der Waals surface area contributed by atoms with Crippen LogP contribution in [0.1, 0.15) is 52.7 Å². The fourth-order valence-electron chi connectivity index (χ4n) is 11.7. The van der Waals surface area contributed by atoms with Gasteiger partial charge in [0.1, 0.15) is 0 Å². The van der Waals surface area contributed by atoms with Crippen molar-refractivity contribution in [2.24, 2.45) is 0 Å². The van der Waals surface area contributed by atoms with Gasteiger partial charge in [0.2, 0.25) is 0 Å². The van der Waals surface area contributed by atoms with Crippen molar-refractivity contribution in [3.8, 4) is 50.2 Å². The first-order valence-corrected chi connectivity index (χ1v) is 26.1. The smallest absolute Gasteiger partial charge is 0.0541 e. The molecule has 13 rings (SSSR count). The van der Waals surface area contributed by atoms with Crippen molar-refractivity contribution in [1.29, 1.82) is 0 Å². The molecule has 1 heterocycles. The molecule has 0 fully saturated rings. The quantitative estimate of drug-likeness (QED) is 0.138. The van der Waals surface area contributed by atoms with Gasteiger partial charge in [-0.25, -0.2) is 0 Å². The molecule has 0 aliphatic carbocycles. The van der Waals surface area contributed by atoms with Gasteiger partial charge in [-0.05, 0) is 125 Å². The lowest BCUT2D eigenvalue weighted by Gasteiger charge is -2.30. The van der Waals surface area contributed by atoms with Gasteiger partial charge in [0.15, 0.2) is 0 Å². The van der Waals surface area contributed by atoms with Crippen molar-refractivity contribution in [3.63, 3.8) is 0 Å². The fraction of sp³-hybridized carbons (Fsp3) is 0.111. The van der Waals surface area contributed by atoms with Gasteiger partial charge in [0, 0.05) is 32.8 Å². The maximum Gasteiger partial charge on any atom is 0.0541 e. The SMILES string of the molecule is CC(C)(C)c1ccc(-c2ccccc2-c2cccc(N(c3ccccc3-c3ccccc3-c3ccc(C(C)(C)C)cc3)c3ccc4ccc5c(-n6c7ccccc7c7ccccc76)ccc6ccc3c4c65)c2)cc1. The van der Waals surface area contributed by atoms with Crippen LogP contribution in [0.2, 0.25) is 0 Å². The van der Waals surface area contributed by atoms with Crippen LogP contribution in [0.4, 0.5) is 17.1 Å². The van der Waals surface area contributed by atoms with Crippen molar-refractivity contribution in [2.75, 3.05) is 4.90 Å². The molecule has 0 N–H and O–H groups in total. The lowest BCUT2D eigenvalue weighted by molar-refractivity contribution is 0.590. The third kappa shape index (κ3) is 7.55. The number of nitrogens with zero attached hydrogens (tertiary/aromatic N) is 2. The Hall–Kier alpha value is -8.72. The van der Waals surface area contributed by atoms with Gasteiger partial charge < -0.3 is 9.47 Å². The van der Waals surface area contributed by atoms with E-state index in [4.69, 9.17) is 0 Å². The zero-order chi connectivity index (χ0) is 50.3. The molecule has 1 aromatic heterocycles. The summed E-state index contributed by atoms with van der Waals surface area (Å²) in [7, 11) is 0. The predicted molar refractivity (Wildman–Crippen MR) is 318 cm³/mol. The van der Waals surface area contributed by atoms with E-state index in [1.807, 2.05) is 0 Å². The molecule has 2 nitrogen and oxygen atoms in total. The molecule has 74 heavy (non-hydrogen) atoms. The van der Waals surface area contributed by atoms with Gasteiger partial charge in [-0.1, -0.05) is 242 Å². The lowest BCUT2D eigenvalue weighted by Crippen LogP contribution is -2.12. The first-order chi connectivity index (χ1) is 36.0. The Balaban J connectivity index is 1.05. The van der Waals surface area contributed by atoms with Gasteiger partial charge in [-0.15, -0.1) is 0 Å². The van der Waals surface area contributed by atoms with Crippen LogP contribution in [-0.2, 0) is 10.8 Å². The van der Waals surface area contributed by atoms with Crippen LogP contribution in [0, 0.1) is 0 Å². The second-order valence-corrected chi connectivity index (χ2v) is 22.1. The molecule has 2 heteroatoms. The Labute approximate surface area is 434 Å². The molecule has 0 atom stereocenters. The molecular weight excluding hydrogens is 893 g/mol. The topological polar surface area (TPSA) is 8.17 Å². The average Bonchev–Trinajstić information content (AvgIpc) is 3.79. The number of aromatic nitrogens is 1. The summed E-state index contributed by atoms with van der Waals surface area (Å²) in [5.41, 5.74) is 19.2. The Kier molecular flexibility index (Phi) is 10.7. The van der Waals surface area contributed by atoms with Crippen molar-refractivity contribution in [3.05, 3.63) is 254 Å². The van der Waals surface area contributed by atoms with Crippen molar-refractivity contribution in [2.45, 2.75) is 52.4 Å². The third-order valence-corrected chi connectivity index (χ3v) is 15.5. The van der Waals surface area contributed by atoms with Crippen LogP contribution < -0.4 is 4.90 Å². The molecular formula is C72H58N2. The van der Waals surface area contributed by atoms with E-state index in [9.17, 15) is 0 Å². The van der Waals surface area contributed by atoms with Gasteiger partial charge in [0.05, 0.1) is 28.1 Å². The van der Waals surface area contributed by atoms with Gasteiger partial charge >= 0.3 is 0 Å². The molecule has 0 radical (unpaired) electrons. The van der Waals surface area contributed by atoms with E-state index in [1.54, 1.807) is 0 Å². The zero-order valence-corrected chi connectivity index (χ0v) is 43.0. The maximum atomic E-state index is 2.53. The number of hydrogen-bond acceptors (Lipinski definition) is 1. The summed E-state index contributed by atoms with van der Waals surface area (Å²) in [6.07, 6.45) is 0. The zero-order valence-electron chi connectivity index (χ0n) is 43.0. The normalized spacial score (nSPS) is 12.2. The van der Waals surface area contributed by atoms with Crippen LogP contribution in [0.5, 0.6) is 0 Å². The first kappa shape index (κ1) is 45.2. The fourth-order valence-corrected chi connectivity index (χ4v) is 11.7. The second-order valence-electron chi connectivity index (χ2n) is 22.1. The van der Waals surface area contributed by atoms with E-state index in [1.165, 1.54) is 104 Å². The van der Waals surface area contributed by atoms with E-state index < -0.39 is 0 Å². The standard InChI is InChI=1S/C72H58N2/c1-71(2,3)52-38-30-47(31-39-52)55-20-7-8-22-57(55)51-18-17-19-54(46-51)73(64-27-14-11-24-59(64)58-23-10-9-21-56(58)48-32-40-53(41-33-48)72(4,5)6)67-44-36-49-35-43-63-68(45-37-50-34-42-62(67)69(49)70(50)63)74-65-28-15-12-25-60(65)61-26-13-16-29-66(61)74/h7-46H,1-6H3. The highest BCUT2D eigenvalue weighted by Gasteiger charge is 2.25. The van der Waals surface area contributed by atoms with Crippen LogP contribution in [-0.4, -0.2) is 4.57 Å². The van der Waals surface area contributed by atoms with E-state index in [2.05, 4.69) is 294 Å². The van der Waals surface area contributed by atoms with Crippen LogP contribution in [0.3, 0.4) is 0 Å². The summed E-state index contributed by atoms with van der Waals surface area (Å²) in [6, 6.07) is 90.7. The van der Waals surface area contributed by atoms with Crippen LogP contribution >= 0.6 is 0 Å². The second kappa shape index (κ2) is 17.5. The minimum absolute atomic E-state index is 0.0599. The molecule has 13 aromatic rings. The Morgan fingerprint density at radius 2 is 0.770 bits per heavy atom.